The van der Waals surface area contributed by atoms with Crippen LogP contribution in [0.25, 0.3) is 0 Å². The first-order valence-corrected chi connectivity index (χ1v) is 4.01. The molecule has 0 fully saturated rings. The summed E-state index contributed by atoms with van der Waals surface area (Å²) in [5, 5.41) is 8.52. The molecule has 1 aromatic rings. The molecule has 0 unspecified atom stereocenters. The molecule has 0 aliphatic carbocycles. The highest BCUT2D eigenvalue weighted by Crippen LogP contribution is 2.22. The van der Waals surface area contributed by atoms with Crippen molar-refractivity contribution in [1.82, 2.24) is 0 Å². The van der Waals surface area contributed by atoms with Crippen LogP contribution in [0.2, 0.25) is 0 Å². The molecule has 0 radical (unpaired) electrons. The first kappa shape index (κ1) is 9.19. The minimum atomic E-state index is -1.26. The normalized spacial score (nSPS) is 9.92. The number of rotatable bonds is 1. The highest BCUT2D eigenvalue weighted by Gasteiger charge is 2.13. The molecular formula is C8H6BrFO2. The quantitative estimate of drug-likeness (QED) is 0.809. The maximum absolute atomic E-state index is 13.1. The third kappa shape index (κ3) is 1.48. The minimum Gasteiger partial charge on any atom is -0.478 e. The van der Waals surface area contributed by atoms with Gasteiger partial charge in [0.15, 0.2) is 5.82 Å². The van der Waals surface area contributed by atoms with Gasteiger partial charge in [0.25, 0.3) is 0 Å². The molecule has 1 rings (SSSR count). The van der Waals surface area contributed by atoms with E-state index in [9.17, 15) is 9.18 Å². The Balaban J connectivity index is 3.36. The highest BCUT2D eigenvalue weighted by atomic mass is 79.9. The van der Waals surface area contributed by atoms with Crippen molar-refractivity contribution in [2.24, 2.45) is 0 Å². The van der Waals surface area contributed by atoms with E-state index in [4.69, 9.17) is 5.11 Å². The number of aryl methyl sites for hydroxylation is 1. The first-order valence-electron chi connectivity index (χ1n) is 3.22. The van der Waals surface area contributed by atoms with Gasteiger partial charge in [-0.1, -0.05) is 6.07 Å². The van der Waals surface area contributed by atoms with E-state index in [2.05, 4.69) is 15.9 Å². The number of aromatic carboxylic acids is 1. The Labute approximate surface area is 77.2 Å². The summed E-state index contributed by atoms with van der Waals surface area (Å²) in [6.07, 6.45) is 0. The van der Waals surface area contributed by atoms with Crippen LogP contribution in [0.1, 0.15) is 15.9 Å². The van der Waals surface area contributed by atoms with Crippen molar-refractivity contribution in [3.8, 4) is 0 Å². The van der Waals surface area contributed by atoms with Crippen LogP contribution in [0.5, 0.6) is 0 Å². The number of benzene rings is 1. The fraction of sp³-hybridized carbons (Fsp3) is 0.125. The first-order chi connectivity index (χ1) is 5.54. The van der Waals surface area contributed by atoms with Gasteiger partial charge in [-0.05, 0) is 34.5 Å². The number of hydrogen-bond donors (Lipinski definition) is 1. The van der Waals surface area contributed by atoms with Gasteiger partial charge in [-0.15, -0.1) is 0 Å². The zero-order valence-electron chi connectivity index (χ0n) is 6.27. The average Bonchev–Trinajstić information content (AvgIpc) is 2.00. The topological polar surface area (TPSA) is 37.3 Å². The molecule has 0 atom stereocenters. The van der Waals surface area contributed by atoms with Gasteiger partial charge >= 0.3 is 5.97 Å². The Morgan fingerprint density at radius 1 is 1.58 bits per heavy atom. The van der Waals surface area contributed by atoms with Crippen LogP contribution in [-0.4, -0.2) is 11.1 Å². The van der Waals surface area contributed by atoms with Crippen LogP contribution in [0, 0.1) is 12.7 Å². The summed E-state index contributed by atoms with van der Waals surface area (Å²) >= 11 is 2.96. The molecule has 1 aromatic carbocycles. The molecular weight excluding hydrogens is 227 g/mol. The number of hydrogen-bond acceptors (Lipinski definition) is 1. The van der Waals surface area contributed by atoms with E-state index in [1.165, 1.54) is 6.07 Å². The standard InChI is InChI=1S/C8H6BrFO2/c1-4-2-3-5(8(11)12)7(10)6(4)9/h2-3H,1H3,(H,11,12). The molecule has 0 saturated carbocycles. The third-order valence-electron chi connectivity index (χ3n) is 1.51. The lowest BCUT2D eigenvalue weighted by molar-refractivity contribution is 0.0691. The summed E-state index contributed by atoms with van der Waals surface area (Å²) < 4.78 is 13.3. The smallest absolute Gasteiger partial charge is 0.338 e. The van der Waals surface area contributed by atoms with Crippen molar-refractivity contribution >= 4 is 21.9 Å². The van der Waals surface area contributed by atoms with Gasteiger partial charge < -0.3 is 5.11 Å². The molecule has 0 spiro atoms. The van der Waals surface area contributed by atoms with Crippen molar-refractivity contribution in [3.63, 3.8) is 0 Å². The predicted molar refractivity (Wildman–Crippen MR) is 45.8 cm³/mol. The lowest BCUT2D eigenvalue weighted by Gasteiger charge is -2.01. The van der Waals surface area contributed by atoms with Gasteiger partial charge in [0.1, 0.15) is 0 Å². The molecule has 0 amide bonds. The molecule has 4 heteroatoms. The van der Waals surface area contributed by atoms with Gasteiger partial charge in [-0.3, -0.25) is 0 Å². The Bertz CT molecular complexity index is 336. The molecule has 2 nitrogen and oxygen atoms in total. The summed E-state index contributed by atoms with van der Waals surface area (Å²) in [6.45, 7) is 1.69. The van der Waals surface area contributed by atoms with Gasteiger partial charge in [0.05, 0.1) is 10.0 Å². The molecule has 0 aliphatic rings. The second kappa shape index (κ2) is 3.23. The van der Waals surface area contributed by atoms with Gasteiger partial charge in [0, 0.05) is 0 Å². The molecule has 0 aromatic heterocycles. The summed E-state index contributed by atoms with van der Waals surface area (Å²) in [6, 6.07) is 2.80. The number of carboxylic acid groups (broad SMARTS) is 1. The second-order valence-electron chi connectivity index (χ2n) is 2.36. The molecule has 0 aliphatic heterocycles. The molecule has 12 heavy (non-hydrogen) atoms. The third-order valence-corrected chi connectivity index (χ3v) is 2.48. The Hall–Kier alpha value is -0.900. The zero-order chi connectivity index (χ0) is 9.30. The SMILES string of the molecule is Cc1ccc(C(=O)O)c(F)c1Br. The fourth-order valence-electron chi connectivity index (χ4n) is 0.811. The van der Waals surface area contributed by atoms with Crippen LogP contribution in [0.15, 0.2) is 16.6 Å². The molecule has 0 bridgehead atoms. The van der Waals surface area contributed by atoms with Crippen molar-refractivity contribution in [2.75, 3.05) is 0 Å². The Morgan fingerprint density at radius 2 is 2.17 bits per heavy atom. The number of carbonyl (C=O) groups is 1. The van der Waals surface area contributed by atoms with E-state index in [0.717, 1.165) is 0 Å². The van der Waals surface area contributed by atoms with E-state index >= 15 is 0 Å². The van der Waals surface area contributed by atoms with Crippen LogP contribution in [-0.2, 0) is 0 Å². The summed E-state index contributed by atoms with van der Waals surface area (Å²) in [5.74, 6) is -1.98. The van der Waals surface area contributed by atoms with Crippen molar-refractivity contribution < 1.29 is 14.3 Å². The predicted octanol–water partition coefficient (Wildman–Crippen LogP) is 2.59. The van der Waals surface area contributed by atoms with Gasteiger partial charge in [-0.2, -0.15) is 0 Å². The minimum absolute atomic E-state index is 0.211. The highest BCUT2D eigenvalue weighted by molar-refractivity contribution is 9.10. The Morgan fingerprint density at radius 3 is 2.67 bits per heavy atom. The molecule has 0 saturated heterocycles. The van der Waals surface area contributed by atoms with E-state index in [-0.39, 0.29) is 10.0 Å². The average molecular weight is 233 g/mol. The summed E-state index contributed by atoms with van der Waals surface area (Å²) in [4.78, 5) is 10.4. The maximum atomic E-state index is 13.1. The number of carboxylic acids is 1. The lowest BCUT2D eigenvalue weighted by atomic mass is 10.1. The van der Waals surface area contributed by atoms with Crippen LogP contribution in [0.3, 0.4) is 0 Å². The van der Waals surface area contributed by atoms with E-state index in [1.807, 2.05) is 0 Å². The zero-order valence-corrected chi connectivity index (χ0v) is 7.85. The van der Waals surface area contributed by atoms with Crippen molar-refractivity contribution in [1.29, 1.82) is 0 Å². The maximum Gasteiger partial charge on any atom is 0.338 e. The van der Waals surface area contributed by atoms with E-state index in [0.29, 0.717) is 5.56 Å². The Kier molecular flexibility index (Phi) is 2.47. The largest absolute Gasteiger partial charge is 0.478 e. The van der Waals surface area contributed by atoms with Gasteiger partial charge in [-0.25, -0.2) is 9.18 Å². The molecule has 1 N–H and O–H groups in total. The van der Waals surface area contributed by atoms with E-state index < -0.39 is 11.8 Å². The lowest BCUT2D eigenvalue weighted by Crippen LogP contribution is -2.01. The second-order valence-corrected chi connectivity index (χ2v) is 3.16. The monoisotopic (exact) mass is 232 g/mol. The van der Waals surface area contributed by atoms with Crippen molar-refractivity contribution in [2.45, 2.75) is 6.92 Å². The fourth-order valence-corrected chi connectivity index (χ4v) is 1.16. The van der Waals surface area contributed by atoms with Gasteiger partial charge in [0.2, 0.25) is 0 Å². The van der Waals surface area contributed by atoms with Crippen molar-refractivity contribution in [3.05, 3.63) is 33.5 Å². The molecule has 0 heterocycles. The summed E-state index contributed by atoms with van der Waals surface area (Å²) in [5.41, 5.74) is 0.366. The number of halogens is 2. The van der Waals surface area contributed by atoms with Crippen LogP contribution in [0.4, 0.5) is 4.39 Å². The summed E-state index contributed by atoms with van der Waals surface area (Å²) in [7, 11) is 0. The van der Waals surface area contributed by atoms with E-state index in [1.54, 1.807) is 13.0 Å². The molecule has 64 valence electrons. The van der Waals surface area contributed by atoms with Crippen LogP contribution >= 0.6 is 15.9 Å². The van der Waals surface area contributed by atoms with Crippen LogP contribution < -0.4 is 0 Å².